The van der Waals surface area contributed by atoms with E-state index in [1.54, 1.807) is 0 Å². The van der Waals surface area contributed by atoms with E-state index < -0.39 is 0 Å². The normalized spacial score (nSPS) is 10.9. The number of carbonyl (C=O) groups is 2. The van der Waals surface area contributed by atoms with Crippen molar-refractivity contribution >= 4 is 11.8 Å². The van der Waals surface area contributed by atoms with E-state index in [1.807, 2.05) is 18.2 Å². The van der Waals surface area contributed by atoms with Gasteiger partial charge in [0.2, 0.25) is 0 Å². The van der Waals surface area contributed by atoms with Crippen LogP contribution in [-0.2, 0) is 9.53 Å². The third kappa shape index (κ3) is 6.43. The number of ketones is 1. The quantitative estimate of drug-likeness (QED) is 0.501. The second-order valence-corrected chi connectivity index (χ2v) is 6.47. The molecule has 0 saturated heterocycles. The van der Waals surface area contributed by atoms with Crippen LogP contribution in [-0.4, -0.2) is 25.5 Å². The summed E-state index contributed by atoms with van der Waals surface area (Å²) in [5.41, 5.74) is 1.72. The lowest BCUT2D eigenvalue weighted by Crippen LogP contribution is -2.08. The molecular formula is C19H28O4. The summed E-state index contributed by atoms with van der Waals surface area (Å²) in [5.74, 6) is 1.35. The fourth-order valence-electron chi connectivity index (χ4n) is 2.20. The van der Waals surface area contributed by atoms with E-state index in [4.69, 9.17) is 4.74 Å². The molecule has 0 fully saturated rings. The predicted molar refractivity (Wildman–Crippen MR) is 91.1 cm³/mol. The van der Waals surface area contributed by atoms with Crippen molar-refractivity contribution < 1.29 is 19.1 Å². The van der Waals surface area contributed by atoms with Crippen LogP contribution >= 0.6 is 0 Å². The number of Topliss-reactive ketones (excluding diaryl/α,β-unsaturated/α-hetero) is 1. The minimum atomic E-state index is -0.280. The maximum Gasteiger partial charge on any atom is 0.305 e. The Morgan fingerprint density at radius 3 is 2.35 bits per heavy atom. The van der Waals surface area contributed by atoms with Gasteiger partial charge in [-0.1, -0.05) is 27.7 Å². The molecule has 1 aromatic carbocycles. The Bertz CT molecular complexity index is 532. The van der Waals surface area contributed by atoms with Crippen molar-refractivity contribution in [2.75, 3.05) is 13.7 Å². The van der Waals surface area contributed by atoms with Crippen LogP contribution in [0.1, 0.15) is 68.8 Å². The zero-order chi connectivity index (χ0) is 17.4. The predicted octanol–water partition coefficient (Wildman–Crippen LogP) is 4.37. The van der Waals surface area contributed by atoms with Crippen LogP contribution in [0, 0.1) is 5.92 Å². The van der Waals surface area contributed by atoms with E-state index in [2.05, 4.69) is 32.4 Å². The van der Waals surface area contributed by atoms with Crippen molar-refractivity contribution in [2.24, 2.45) is 5.92 Å². The van der Waals surface area contributed by atoms with Crippen molar-refractivity contribution in [3.63, 3.8) is 0 Å². The number of hydrogen-bond acceptors (Lipinski definition) is 4. The Morgan fingerprint density at radius 1 is 1.09 bits per heavy atom. The lowest BCUT2D eigenvalue weighted by molar-refractivity contribution is -0.140. The van der Waals surface area contributed by atoms with Gasteiger partial charge in [-0.3, -0.25) is 9.59 Å². The largest absolute Gasteiger partial charge is 0.493 e. The minimum absolute atomic E-state index is 0.0474. The van der Waals surface area contributed by atoms with Crippen LogP contribution in [0.5, 0.6) is 5.75 Å². The summed E-state index contributed by atoms with van der Waals surface area (Å²) in [7, 11) is 1.36. The standard InChI is InChI=1S/C19H28O4/c1-13(2)12-23-18-10-9-15(11-16(18)14(3)4)17(20)7-6-8-19(21)22-5/h9-11,13-14H,6-8,12H2,1-5H3. The van der Waals surface area contributed by atoms with Crippen LogP contribution in [0.25, 0.3) is 0 Å². The zero-order valence-electron chi connectivity index (χ0n) is 14.8. The summed E-state index contributed by atoms with van der Waals surface area (Å²) < 4.78 is 10.4. The van der Waals surface area contributed by atoms with Crippen LogP contribution < -0.4 is 4.74 Å². The molecule has 0 spiro atoms. The topological polar surface area (TPSA) is 52.6 Å². The van der Waals surface area contributed by atoms with Crippen molar-refractivity contribution in [3.8, 4) is 5.75 Å². The van der Waals surface area contributed by atoms with Gasteiger partial charge in [0.05, 0.1) is 13.7 Å². The van der Waals surface area contributed by atoms with E-state index in [1.165, 1.54) is 7.11 Å². The van der Waals surface area contributed by atoms with Gasteiger partial charge in [-0.25, -0.2) is 0 Å². The lowest BCUT2D eigenvalue weighted by Gasteiger charge is -2.16. The van der Waals surface area contributed by atoms with E-state index in [-0.39, 0.29) is 24.1 Å². The summed E-state index contributed by atoms with van der Waals surface area (Å²) in [6.07, 6.45) is 1.13. The molecule has 4 nitrogen and oxygen atoms in total. The average molecular weight is 320 g/mol. The van der Waals surface area contributed by atoms with E-state index >= 15 is 0 Å². The lowest BCUT2D eigenvalue weighted by atomic mass is 9.96. The molecule has 0 N–H and O–H groups in total. The third-order valence-electron chi connectivity index (χ3n) is 3.54. The molecule has 0 aliphatic heterocycles. The maximum absolute atomic E-state index is 12.3. The van der Waals surface area contributed by atoms with Gasteiger partial charge in [-0.2, -0.15) is 0 Å². The number of methoxy groups -OCH3 is 1. The molecule has 23 heavy (non-hydrogen) atoms. The van der Waals surface area contributed by atoms with Gasteiger partial charge in [0, 0.05) is 18.4 Å². The first-order valence-corrected chi connectivity index (χ1v) is 8.21. The van der Waals surface area contributed by atoms with Crippen molar-refractivity contribution in [1.29, 1.82) is 0 Å². The van der Waals surface area contributed by atoms with Crippen molar-refractivity contribution in [1.82, 2.24) is 0 Å². The fourth-order valence-corrected chi connectivity index (χ4v) is 2.20. The minimum Gasteiger partial charge on any atom is -0.493 e. The molecule has 1 aromatic rings. The van der Waals surface area contributed by atoms with Crippen LogP contribution in [0.3, 0.4) is 0 Å². The van der Waals surface area contributed by atoms with Gasteiger partial charge in [0.25, 0.3) is 0 Å². The smallest absolute Gasteiger partial charge is 0.305 e. The van der Waals surface area contributed by atoms with Crippen molar-refractivity contribution in [3.05, 3.63) is 29.3 Å². The van der Waals surface area contributed by atoms with Gasteiger partial charge in [0.15, 0.2) is 5.78 Å². The number of ether oxygens (including phenoxy) is 2. The molecule has 1 rings (SSSR count). The molecule has 0 atom stereocenters. The highest BCUT2D eigenvalue weighted by Crippen LogP contribution is 2.28. The Morgan fingerprint density at radius 2 is 1.78 bits per heavy atom. The van der Waals surface area contributed by atoms with Crippen LogP contribution in [0.2, 0.25) is 0 Å². The zero-order valence-corrected chi connectivity index (χ0v) is 14.8. The van der Waals surface area contributed by atoms with Gasteiger partial charge in [0.1, 0.15) is 5.75 Å². The van der Waals surface area contributed by atoms with E-state index in [0.717, 1.165) is 11.3 Å². The summed E-state index contributed by atoms with van der Waals surface area (Å²) in [4.78, 5) is 23.4. The molecule has 0 saturated carbocycles. The summed E-state index contributed by atoms with van der Waals surface area (Å²) in [6, 6.07) is 5.61. The number of rotatable bonds is 9. The monoisotopic (exact) mass is 320 g/mol. The second kappa shape index (κ2) is 9.33. The molecule has 0 aliphatic carbocycles. The molecule has 0 aromatic heterocycles. The Hall–Kier alpha value is -1.84. The molecule has 0 heterocycles. The van der Waals surface area contributed by atoms with E-state index in [9.17, 15) is 9.59 Å². The fraction of sp³-hybridized carbons (Fsp3) is 0.579. The average Bonchev–Trinajstić information content (AvgIpc) is 2.52. The molecular weight excluding hydrogens is 292 g/mol. The summed E-state index contributed by atoms with van der Waals surface area (Å²) in [6.45, 7) is 9.04. The number of carbonyl (C=O) groups excluding carboxylic acids is 2. The van der Waals surface area contributed by atoms with Gasteiger partial charge < -0.3 is 9.47 Å². The maximum atomic E-state index is 12.3. The molecule has 0 unspecified atom stereocenters. The van der Waals surface area contributed by atoms with Crippen molar-refractivity contribution in [2.45, 2.75) is 52.9 Å². The van der Waals surface area contributed by atoms with Gasteiger partial charge >= 0.3 is 5.97 Å². The molecule has 0 bridgehead atoms. The van der Waals surface area contributed by atoms with Gasteiger partial charge in [-0.15, -0.1) is 0 Å². The Labute approximate surface area is 139 Å². The highest BCUT2D eigenvalue weighted by Gasteiger charge is 2.14. The molecule has 0 aliphatic rings. The molecule has 128 valence electrons. The summed E-state index contributed by atoms with van der Waals surface area (Å²) >= 11 is 0. The molecule has 0 amide bonds. The van der Waals surface area contributed by atoms with Gasteiger partial charge in [-0.05, 0) is 42.0 Å². The Kier molecular flexibility index (Phi) is 7.79. The first-order chi connectivity index (χ1) is 10.8. The third-order valence-corrected chi connectivity index (χ3v) is 3.54. The number of benzene rings is 1. The highest BCUT2D eigenvalue weighted by molar-refractivity contribution is 5.96. The van der Waals surface area contributed by atoms with Crippen LogP contribution in [0.4, 0.5) is 0 Å². The number of hydrogen-bond donors (Lipinski definition) is 0. The Balaban J connectivity index is 2.78. The first kappa shape index (κ1) is 19.2. The molecule has 0 radical (unpaired) electrons. The van der Waals surface area contributed by atoms with Crippen LogP contribution in [0.15, 0.2) is 18.2 Å². The van der Waals surface area contributed by atoms with E-state index in [0.29, 0.717) is 30.9 Å². The summed E-state index contributed by atoms with van der Waals surface area (Å²) in [5, 5.41) is 0. The SMILES string of the molecule is COC(=O)CCCC(=O)c1ccc(OCC(C)C)c(C(C)C)c1. The second-order valence-electron chi connectivity index (χ2n) is 6.47. The highest BCUT2D eigenvalue weighted by atomic mass is 16.5. The number of esters is 1. The first-order valence-electron chi connectivity index (χ1n) is 8.21. The molecule has 4 heteroatoms.